The topological polar surface area (TPSA) is 109 Å². The first-order chi connectivity index (χ1) is 13.5. The number of hydrogen-bond acceptors (Lipinski definition) is 7. The summed E-state index contributed by atoms with van der Waals surface area (Å²) in [5.74, 6) is -0.205. The molecule has 1 fully saturated rings. The predicted octanol–water partition coefficient (Wildman–Crippen LogP) is 1.57. The van der Waals surface area contributed by atoms with Crippen molar-refractivity contribution >= 4 is 12.2 Å². The highest BCUT2D eigenvalue weighted by Gasteiger charge is 2.31. The van der Waals surface area contributed by atoms with Gasteiger partial charge in [0.2, 0.25) is 0 Å². The standard InChI is InChI=1S/C20H22N2O6/c1-13(24)19-15(4-3-7-21-19)20(26)22-8-9-27-11-14(22)12-28-18-6-2-5-17(25)16(18)10-23/h2-7,10,13-14,24-25H,8-9,11-12H2,1H3/t13-,14-/m1/s1. The quantitative estimate of drug-likeness (QED) is 0.725. The van der Waals surface area contributed by atoms with Gasteiger partial charge in [0.25, 0.3) is 5.91 Å². The third kappa shape index (κ3) is 4.13. The van der Waals surface area contributed by atoms with Gasteiger partial charge in [-0.2, -0.15) is 0 Å². The number of morpholine rings is 1. The number of benzene rings is 1. The molecule has 1 amide bonds. The maximum atomic E-state index is 13.1. The Kier molecular flexibility index (Phi) is 6.23. The van der Waals surface area contributed by atoms with Gasteiger partial charge < -0.3 is 24.6 Å². The van der Waals surface area contributed by atoms with E-state index < -0.39 is 12.1 Å². The summed E-state index contributed by atoms with van der Waals surface area (Å²) >= 11 is 0. The van der Waals surface area contributed by atoms with Crippen molar-refractivity contribution in [1.29, 1.82) is 0 Å². The number of phenols is 1. The lowest BCUT2D eigenvalue weighted by Crippen LogP contribution is -2.51. The highest BCUT2D eigenvalue weighted by molar-refractivity contribution is 5.95. The highest BCUT2D eigenvalue weighted by Crippen LogP contribution is 2.26. The third-order valence-corrected chi connectivity index (χ3v) is 4.55. The first kappa shape index (κ1) is 19.8. The van der Waals surface area contributed by atoms with Crippen molar-refractivity contribution in [2.45, 2.75) is 19.1 Å². The molecule has 3 rings (SSSR count). The van der Waals surface area contributed by atoms with E-state index in [-0.39, 0.29) is 36.2 Å². The summed E-state index contributed by atoms with van der Waals surface area (Å²) in [6, 6.07) is 7.42. The number of hydrogen-bond donors (Lipinski definition) is 2. The predicted molar refractivity (Wildman–Crippen MR) is 99.5 cm³/mol. The van der Waals surface area contributed by atoms with E-state index >= 15 is 0 Å². The molecule has 2 atom stereocenters. The van der Waals surface area contributed by atoms with Crippen LogP contribution in [0.5, 0.6) is 11.5 Å². The smallest absolute Gasteiger partial charge is 0.256 e. The molecule has 1 aromatic heterocycles. The average molecular weight is 386 g/mol. The molecule has 1 aliphatic heterocycles. The Morgan fingerprint density at radius 2 is 2.25 bits per heavy atom. The third-order valence-electron chi connectivity index (χ3n) is 4.55. The van der Waals surface area contributed by atoms with Crippen molar-refractivity contribution < 1.29 is 29.3 Å². The summed E-state index contributed by atoms with van der Waals surface area (Å²) in [5.41, 5.74) is 0.700. The van der Waals surface area contributed by atoms with E-state index in [4.69, 9.17) is 9.47 Å². The van der Waals surface area contributed by atoms with Gasteiger partial charge in [-0.3, -0.25) is 14.6 Å². The number of aliphatic hydroxyl groups excluding tert-OH is 1. The van der Waals surface area contributed by atoms with Crippen molar-refractivity contribution in [2.24, 2.45) is 0 Å². The zero-order valence-electron chi connectivity index (χ0n) is 15.4. The number of aromatic hydroxyl groups is 1. The minimum Gasteiger partial charge on any atom is -0.507 e. The van der Waals surface area contributed by atoms with E-state index in [1.807, 2.05) is 0 Å². The SMILES string of the molecule is C[C@@H](O)c1ncccc1C(=O)N1CCOC[C@@H]1COc1cccc(O)c1C=O. The largest absolute Gasteiger partial charge is 0.507 e. The van der Waals surface area contributed by atoms with Gasteiger partial charge in [-0.25, -0.2) is 0 Å². The number of aromatic nitrogens is 1. The molecule has 2 heterocycles. The van der Waals surface area contributed by atoms with E-state index in [2.05, 4.69) is 4.98 Å². The van der Waals surface area contributed by atoms with Crippen LogP contribution in [0.4, 0.5) is 0 Å². The molecular formula is C20H22N2O6. The summed E-state index contributed by atoms with van der Waals surface area (Å²) < 4.78 is 11.2. The molecule has 8 heteroatoms. The molecule has 0 bridgehead atoms. The number of pyridine rings is 1. The second kappa shape index (κ2) is 8.81. The number of amides is 1. The van der Waals surface area contributed by atoms with Crippen LogP contribution in [-0.2, 0) is 4.74 Å². The van der Waals surface area contributed by atoms with Crippen LogP contribution >= 0.6 is 0 Å². The lowest BCUT2D eigenvalue weighted by molar-refractivity contribution is -0.0153. The van der Waals surface area contributed by atoms with Crippen molar-refractivity contribution in [3.8, 4) is 11.5 Å². The van der Waals surface area contributed by atoms with Crippen molar-refractivity contribution in [3.63, 3.8) is 0 Å². The molecule has 0 spiro atoms. The van der Waals surface area contributed by atoms with Crippen LogP contribution in [0, 0.1) is 0 Å². The van der Waals surface area contributed by atoms with E-state index in [0.29, 0.717) is 30.7 Å². The molecule has 2 N–H and O–H groups in total. The first-order valence-electron chi connectivity index (χ1n) is 8.94. The zero-order chi connectivity index (χ0) is 20.1. The van der Waals surface area contributed by atoms with Crippen LogP contribution in [0.25, 0.3) is 0 Å². The van der Waals surface area contributed by atoms with Gasteiger partial charge in [0.05, 0.1) is 42.2 Å². The fraction of sp³-hybridized carbons (Fsp3) is 0.350. The van der Waals surface area contributed by atoms with Crippen LogP contribution in [0.1, 0.15) is 39.4 Å². The van der Waals surface area contributed by atoms with Gasteiger partial charge in [-0.15, -0.1) is 0 Å². The van der Waals surface area contributed by atoms with Gasteiger partial charge in [0, 0.05) is 12.7 Å². The molecule has 2 aromatic rings. The number of aliphatic hydroxyl groups is 1. The summed E-state index contributed by atoms with van der Waals surface area (Å²) in [5, 5.41) is 19.7. The van der Waals surface area contributed by atoms with Crippen molar-refractivity contribution in [3.05, 3.63) is 53.3 Å². The summed E-state index contributed by atoms with van der Waals surface area (Å²) in [4.78, 5) is 30.0. The molecule has 148 valence electrons. The Morgan fingerprint density at radius 3 is 3.00 bits per heavy atom. The molecule has 0 saturated carbocycles. The molecule has 0 aliphatic carbocycles. The molecule has 8 nitrogen and oxygen atoms in total. The first-order valence-corrected chi connectivity index (χ1v) is 8.94. The second-order valence-corrected chi connectivity index (χ2v) is 6.46. The number of aldehydes is 1. The molecule has 28 heavy (non-hydrogen) atoms. The molecule has 1 aliphatic rings. The normalized spacial score (nSPS) is 17.8. The van der Waals surface area contributed by atoms with Gasteiger partial charge in [0.1, 0.15) is 18.1 Å². The maximum Gasteiger partial charge on any atom is 0.256 e. The lowest BCUT2D eigenvalue weighted by Gasteiger charge is -2.35. The fourth-order valence-electron chi connectivity index (χ4n) is 3.11. The average Bonchev–Trinajstić information content (AvgIpc) is 2.72. The highest BCUT2D eigenvalue weighted by atomic mass is 16.5. The van der Waals surface area contributed by atoms with E-state index in [1.165, 1.54) is 12.3 Å². The summed E-state index contributed by atoms with van der Waals surface area (Å²) in [6.45, 7) is 2.66. The van der Waals surface area contributed by atoms with E-state index in [9.17, 15) is 19.8 Å². The maximum absolute atomic E-state index is 13.1. The number of nitrogens with zero attached hydrogens (tertiary/aromatic N) is 2. The molecule has 1 saturated heterocycles. The monoisotopic (exact) mass is 386 g/mol. The Hall–Kier alpha value is -2.97. The van der Waals surface area contributed by atoms with Gasteiger partial charge in [0.15, 0.2) is 6.29 Å². The van der Waals surface area contributed by atoms with E-state index in [1.54, 1.807) is 36.1 Å². The minimum atomic E-state index is -0.877. The molecule has 0 unspecified atom stereocenters. The number of phenolic OH excluding ortho intramolecular Hbond substituents is 1. The fourth-order valence-corrected chi connectivity index (χ4v) is 3.11. The van der Waals surface area contributed by atoms with Gasteiger partial charge in [-0.05, 0) is 31.2 Å². The van der Waals surface area contributed by atoms with Crippen LogP contribution in [0.15, 0.2) is 36.5 Å². The minimum absolute atomic E-state index is 0.0563. The Labute approximate surface area is 162 Å². The Morgan fingerprint density at radius 1 is 1.43 bits per heavy atom. The lowest BCUT2D eigenvalue weighted by atomic mass is 10.1. The number of rotatable bonds is 6. The van der Waals surface area contributed by atoms with Gasteiger partial charge >= 0.3 is 0 Å². The zero-order valence-corrected chi connectivity index (χ0v) is 15.4. The van der Waals surface area contributed by atoms with Crippen LogP contribution in [-0.4, -0.2) is 64.7 Å². The Balaban J connectivity index is 1.79. The summed E-state index contributed by atoms with van der Waals surface area (Å²) in [6.07, 6.45) is 1.18. The second-order valence-electron chi connectivity index (χ2n) is 6.46. The molecule has 1 aromatic carbocycles. The number of ether oxygens (including phenoxy) is 2. The van der Waals surface area contributed by atoms with E-state index in [0.717, 1.165) is 0 Å². The van der Waals surface area contributed by atoms with Crippen molar-refractivity contribution in [1.82, 2.24) is 9.88 Å². The number of carbonyl (C=O) groups excluding carboxylic acids is 2. The molecule has 0 radical (unpaired) electrons. The molecular weight excluding hydrogens is 364 g/mol. The Bertz CT molecular complexity index is 854. The summed E-state index contributed by atoms with van der Waals surface area (Å²) in [7, 11) is 0. The van der Waals surface area contributed by atoms with Crippen molar-refractivity contribution in [2.75, 3.05) is 26.4 Å². The van der Waals surface area contributed by atoms with Crippen LogP contribution in [0.3, 0.4) is 0 Å². The van der Waals surface area contributed by atoms with Crippen LogP contribution in [0.2, 0.25) is 0 Å². The number of carbonyl (C=O) groups is 2. The van der Waals surface area contributed by atoms with Crippen LogP contribution < -0.4 is 4.74 Å². The van der Waals surface area contributed by atoms with Gasteiger partial charge in [-0.1, -0.05) is 6.07 Å².